The van der Waals surface area contributed by atoms with Gasteiger partial charge in [0.2, 0.25) is 0 Å². The van der Waals surface area contributed by atoms with E-state index >= 15 is 0 Å². The average Bonchev–Trinajstić information content (AvgIpc) is 3.04. The van der Waals surface area contributed by atoms with E-state index in [1.54, 1.807) is 21.5 Å². The number of aliphatic imine (C=N–C) groups is 1. The smallest absolute Gasteiger partial charge is 0.0824 e. The van der Waals surface area contributed by atoms with E-state index in [2.05, 4.69) is 53.1 Å². The SMILES string of the molecule is CCCCCCC1=C([Si](C)(C)C)C(=Nc2ccc(Cl)cc2Cl)C([Si](C)(C)C)=C1CCCCCC. The van der Waals surface area contributed by atoms with Crippen molar-refractivity contribution in [1.82, 2.24) is 0 Å². The Balaban J connectivity index is 2.72. The molecular weight excluding hydrogens is 489 g/mol. The van der Waals surface area contributed by atoms with Crippen molar-refractivity contribution in [1.29, 1.82) is 0 Å². The van der Waals surface area contributed by atoms with Crippen LogP contribution >= 0.6 is 23.2 Å². The maximum atomic E-state index is 6.64. The zero-order valence-corrected chi connectivity index (χ0v) is 26.5. The molecule has 0 spiro atoms. The Morgan fingerprint density at radius 2 is 1.15 bits per heavy atom. The number of nitrogens with zero attached hydrogens (tertiary/aromatic N) is 1. The second-order valence-electron chi connectivity index (χ2n) is 11.9. The van der Waals surface area contributed by atoms with Crippen molar-refractivity contribution >= 4 is 50.7 Å². The van der Waals surface area contributed by atoms with Crippen LogP contribution in [0.2, 0.25) is 49.3 Å². The number of unbranched alkanes of at least 4 members (excludes halogenated alkanes) is 6. The molecule has 1 nitrogen and oxygen atoms in total. The first-order valence-corrected chi connectivity index (χ1v) is 21.2. The van der Waals surface area contributed by atoms with Crippen LogP contribution in [0.1, 0.15) is 78.1 Å². The van der Waals surface area contributed by atoms with Gasteiger partial charge < -0.3 is 0 Å². The van der Waals surface area contributed by atoms with Crippen LogP contribution in [0.5, 0.6) is 0 Å². The zero-order valence-electron chi connectivity index (χ0n) is 23.0. The molecule has 0 aromatic heterocycles. The Labute approximate surface area is 222 Å². The molecule has 0 radical (unpaired) electrons. The molecule has 0 unspecified atom stereocenters. The summed E-state index contributed by atoms with van der Waals surface area (Å²) in [6, 6.07) is 5.72. The molecule has 0 saturated carbocycles. The predicted octanol–water partition coefficient (Wildman–Crippen LogP) is 11.4. The van der Waals surface area contributed by atoms with Gasteiger partial charge in [0, 0.05) is 5.02 Å². The summed E-state index contributed by atoms with van der Waals surface area (Å²) in [6.07, 6.45) is 12.8. The third kappa shape index (κ3) is 7.95. The molecule has 1 aromatic rings. The Bertz CT molecular complexity index is 882. The molecule has 5 heteroatoms. The van der Waals surface area contributed by atoms with Gasteiger partial charge in [0.1, 0.15) is 0 Å². The summed E-state index contributed by atoms with van der Waals surface area (Å²) in [6.45, 7) is 19.6. The van der Waals surface area contributed by atoms with Crippen LogP contribution in [0.3, 0.4) is 0 Å². The summed E-state index contributed by atoms with van der Waals surface area (Å²) < 4.78 is 0. The normalized spacial score (nSPS) is 15.1. The minimum atomic E-state index is -1.66. The largest absolute Gasteiger partial charge is 0.248 e. The lowest BCUT2D eigenvalue weighted by atomic mass is 9.97. The summed E-state index contributed by atoms with van der Waals surface area (Å²) in [7, 11) is -3.32. The van der Waals surface area contributed by atoms with Crippen LogP contribution < -0.4 is 0 Å². The van der Waals surface area contributed by atoms with Crippen molar-refractivity contribution in [2.75, 3.05) is 0 Å². The van der Waals surface area contributed by atoms with Crippen molar-refractivity contribution in [2.45, 2.75) is 117 Å². The summed E-state index contributed by atoms with van der Waals surface area (Å²) in [5, 5.41) is 4.50. The highest BCUT2D eigenvalue weighted by molar-refractivity contribution is 6.95. The van der Waals surface area contributed by atoms with Crippen LogP contribution in [0.25, 0.3) is 0 Å². The molecule has 1 aliphatic carbocycles. The van der Waals surface area contributed by atoms with Crippen molar-refractivity contribution < 1.29 is 0 Å². The van der Waals surface area contributed by atoms with E-state index in [0.717, 1.165) is 5.69 Å². The van der Waals surface area contributed by atoms with Crippen molar-refractivity contribution in [3.05, 3.63) is 49.8 Å². The fourth-order valence-corrected chi connectivity index (χ4v) is 9.86. The van der Waals surface area contributed by atoms with Gasteiger partial charge in [0.15, 0.2) is 0 Å². The van der Waals surface area contributed by atoms with Crippen molar-refractivity contribution in [2.24, 2.45) is 4.99 Å². The Morgan fingerprint density at radius 1 is 0.676 bits per heavy atom. The molecule has 0 heterocycles. The number of allylic oxidation sites excluding steroid dienone is 4. The second kappa shape index (κ2) is 13.1. The molecule has 34 heavy (non-hydrogen) atoms. The quantitative estimate of drug-likeness (QED) is 0.176. The van der Waals surface area contributed by atoms with Crippen molar-refractivity contribution in [3.8, 4) is 0 Å². The first kappa shape index (κ1) is 29.6. The Hall–Kier alpha value is -0.616. The number of rotatable bonds is 13. The number of halogens is 2. The molecular formula is C29H47Cl2NSi2. The molecule has 0 saturated heterocycles. The molecule has 0 N–H and O–H groups in total. The van der Waals surface area contributed by atoms with E-state index in [9.17, 15) is 0 Å². The number of hydrogen-bond acceptors (Lipinski definition) is 1. The highest BCUT2D eigenvalue weighted by Gasteiger charge is 2.41. The highest BCUT2D eigenvalue weighted by atomic mass is 35.5. The van der Waals surface area contributed by atoms with Crippen LogP contribution in [0, 0.1) is 0 Å². The summed E-state index contributed by atoms with van der Waals surface area (Å²) in [4.78, 5) is 5.36. The molecule has 0 amide bonds. The van der Waals surface area contributed by atoms with Gasteiger partial charge in [-0.3, -0.25) is 0 Å². The lowest BCUT2D eigenvalue weighted by Gasteiger charge is -2.26. The Kier molecular flexibility index (Phi) is 11.4. The fraction of sp³-hybridized carbons (Fsp3) is 0.621. The van der Waals surface area contributed by atoms with Gasteiger partial charge >= 0.3 is 0 Å². The van der Waals surface area contributed by atoms with E-state index in [1.165, 1.54) is 69.9 Å². The molecule has 2 rings (SSSR count). The zero-order chi connectivity index (χ0) is 25.5. The third-order valence-electron chi connectivity index (χ3n) is 6.64. The maximum absolute atomic E-state index is 6.64. The summed E-state index contributed by atoms with van der Waals surface area (Å²) in [5.41, 5.74) is 5.45. The van der Waals surface area contributed by atoms with Crippen LogP contribution in [-0.2, 0) is 0 Å². The second-order valence-corrected chi connectivity index (χ2v) is 22.7. The molecule has 0 atom stereocenters. The van der Waals surface area contributed by atoms with Crippen LogP contribution in [0.15, 0.2) is 44.7 Å². The van der Waals surface area contributed by atoms with Gasteiger partial charge in [-0.05, 0) is 65.4 Å². The average molecular weight is 537 g/mol. The van der Waals surface area contributed by atoms with E-state index in [1.807, 2.05) is 18.2 Å². The maximum Gasteiger partial charge on any atom is 0.0824 e. The van der Waals surface area contributed by atoms with E-state index in [0.29, 0.717) is 10.0 Å². The lowest BCUT2D eigenvalue weighted by Crippen LogP contribution is -2.35. The number of benzene rings is 1. The summed E-state index contributed by atoms with van der Waals surface area (Å²) >= 11 is 12.9. The minimum Gasteiger partial charge on any atom is -0.248 e. The van der Waals surface area contributed by atoms with Crippen LogP contribution in [-0.4, -0.2) is 21.9 Å². The first-order chi connectivity index (χ1) is 15.9. The van der Waals surface area contributed by atoms with Gasteiger partial charge in [0.25, 0.3) is 0 Å². The van der Waals surface area contributed by atoms with Gasteiger partial charge in [-0.2, -0.15) is 0 Å². The van der Waals surface area contributed by atoms with Crippen LogP contribution in [0.4, 0.5) is 5.69 Å². The molecule has 1 aromatic carbocycles. The topological polar surface area (TPSA) is 12.4 Å². The van der Waals surface area contributed by atoms with Gasteiger partial charge in [-0.25, -0.2) is 4.99 Å². The first-order valence-electron chi connectivity index (χ1n) is 13.4. The van der Waals surface area contributed by atoms with E-state index < -0.39 is 16.1 Å². The minimum absolute atomic E-state index is 0.644. The van der Waals surface area contributed by atoms with Gasteiger partial charge in [0.05, 0.1) is 32.6 Å². The number of hydrogen-bond donors (Lipinski definition) is 0. The molecule has 0 bridgehead atoms. The van der Waals surface area contributed by atoms with Gasteiger partial charge in [-0.15, -0.1) is 0 Å². The lowest BCUT2D eigenvalue weighted by molar-refractivity contribution is 0.648. The van der Waals surface area contributed by atoms with E-state index in [-0.39, 0.29) is 0 Å². The molecule has 1 aliphatic rings. The molecule has 190 valence electrons. The standard InChI is InChI=1S/C29H47Cl2NSi2/c1-9-11-13-15-17-23-24(18-16-14-12-10-2)29(34(6,7)8)27(28(23)33(3,4)5)32-26-20-19-22(30)21-25(26)31/h19-21H,9-18H2,1-8H3. The Morgan fingerprint density at radius 3 is 1.53 bits per heavy atom. The van der Waals surface area contributed by atoms with E-state index in [4.69, 9.17) is 28.2 Å². The van der Waals surface area contributed by atoms with Crippen molar-refractivity contribution in [3.63, 3.8) is 0 Å². The monoisotopic (exact) mass is 535 g/mol. The highest BCUT2D eigenvalue weighted by Crippen LogP contribution is 2.45. The molecule has 0 fully saturated rings. The molecule has 0 aliphatic heterocycles. The fourth-order valence-electron chi connectivity index (χ4n) is 5.14. The van der Waals surface area contributed by atoms with Gasteiger partial charge in [-0.1, -0.05) is 115 Å². The third-order valence-corrected chi connectivity index (χ3v) is 11.3. The summed E-state index contributed by atoms with van der Waals surface area (Å²) in [5.74, 6) is 0. The predicted molar refractivity (Wildman–Crippen MR) is 162 cm³/mol.